The van der Waals surface area contributed by atoms with Crippen LogP contribution in [0.1, 0.15) is 10.4 Å². The molecule has 120 valence electrons. The number of imidazole rings is 1. The summed E-state index contributed by atoms with van der Waals surface area (Å²) in [6.07, 6.45) is 4.78. The summed E-state index contributed by atoms with van der Waals surface area (Å²) in [5.41, 5.74) is 3.39. The first-order chi connectivity index (χ1) is 11.2. The van der Waals surface area contributed by atoms with E-state index in [1.165, 1.54) is 6.33 Å². The average Bonchev–Trinajstić information content (AvgIpc) is 3.05. The van der Waals surface area contributed by atoms with Gasteiger partial charge in [0, 0.05) is 21.6 Å². The van der Waals surface area contributed by atoms with Crippen molar-refractivity contribution in [2.45, 2.75) is 0 Å². The highest BCUT2D eigenvalue weighted by Crippen LogP contribution is 2.28. The van der Waals surface area contributed by atoms with Gasteiger partial charge in [0.15, 0.2) is 0 Å². The molecule has 0 aliphatic carbocycles. The van der Waals surface area contributed by atoms with E-state index in [0.29, 0.717) is 16.8 Å². The zero-order valence-electron chi connectivity index (χ0n) is 12.2. The number of carbonyl (C=O) groups excluding carboxylic acids is 1. The second-order valence-corrected chi connectivity index (χ2v) is 5.89. The first-order valence-electron chi connectivity index (χ1n) is 6.85. The van der Waals surface area contributed by atoms with Crippen molar-refractivity contribution in [2.24, 2.45) is 0 Å². The molecule has 0 saturated heterocycles. The van der Waals surface area contributed by atoms with Crippen LogP contribution in [0.3, 0.4) is 0 Å². The number of fused-ring (bicyclic) bond motifs is 3. The Morgan fingerprint density at radius 3 is 2.88 bits per heavy atom. The highest BCUT2D eigenvalue weighted by molar-refractivity contribution is 9.10. The smallest absolute Gasteiger partial charge is 0.255 e. The van der Waals surface area contributed by atoms with Gasteiger partial charge in [-0.1, -0.05) is 22.0 Å². The van der Waals surface area contributed by atoms with Crippen LogP contribution < -0.4 is 5.32 Å². The quantitative estimate of drug-likeness (QED) is 0.530. The van der Waals surface area contributed by atoms with Crippen LogP contribution in [0.15, 0.2) is 53.7 Å². The summed E-state index contributed by atoms with van der Waals surface area (Å²) in [6, 6.07) is 9.04. The Balaban J connectivity index is 0.00000169. The van der Waals surface area contributed by atoms with Crippen LogP contribution in [0.5, 0.6) is 0 Å². The maximum absolute atomic E-state index is 12.5. The van der Waals surface area contributed by atoms with Crippen molar-refractivity contribution in [2.75, 3.05) is 5.32 Å². The van der Waals surface area contributed by atoms with Gasteiger partial charge in [-0.05, 0) is 24.3 Å². The largest absolute Gasteiger partial charge is 0.343 e. The van der Waals surface area contributed by atoms with Crippen molar-refractivity contribution in [3.05, 3.63) is 59.2 Å². The van der Waals surface area contributed by atoms with Crippen molar-refractivity contribution in [1.82, 2.24) is 19.9 Å². The van der Waals surface area contributed by atoms with Crippen molar-refractivity contribution in [3.8, 4) is 0 Å². The van der Waals surface area contributed by atoms with E-state index in [4.69, 9.17) is 0 Å². The minimum absolute atomic E-state index is 0. The summed E-state index contributed by atoms with van der Waals surface area (Å²) in [5.74, 6) is -0.202. The summed E-state index contributed by atoms with van der Waals surface area (Å²) in [5, 5.41) is 3.74. The zero-order chi connectivity index (χ0) is 15.8. The van der Waals surface area contributed by atoms with E-state index in [1.807, 2.05) is 18.2 Å². The fourth-order valence-corrected chi connectivity index (χ4v) is 2.88. The van der Waals surface area contributed by atoms with Crippen molar-refractivity contribution in [1.29, 1.82) is 0 Å². The van der Waals surface area contributed by atoms with Gasteiger partial charge in [-0.2, -0.15) is 0 Å². The predicted octanol–water partition coefficient (Wildman–Crippen LogP) is 3.94. The monoisotopic (exact) mass is 403 g/mol. The molecule has 2 aromatic carbocycles. The lowest BCUT2D eigenvalue weighted by atomic mass is 10.1. The maximum atomic E-state index is 12.5. The Morgan fingerprint density at radius 1 is 1.17 bits per heavy atom. The molecule has 0 fully saturated rings. The third-order valence-corrected chi connectivity index (χ3v) is 4.00. The lowest BCUT2D eigenvalue weighted by molar-refractivity contribution is 0.102. The number of nitrogens with one attached hydrogen (secondary N) is 2. The number of nitrogens with zero attached hydrogens (tertiary/aromatic N) is 3. The number of rotatable bonds is 2. The molecule has 0 radical (unpaired) electrons. The Labute approximate surface area is 151 Å². The molecule has 4 aromatic rings. The summed E-state index contributed by atoms with van der Waals surface area (Å²) in [6.45, 7) is 0. The molecule has 8 heteroatoms. The van der Waals surface area contributed by atoms with Gasteiger partial charge in [-0.15, -0.1) is 12.4 Å². The Kier molecular flexibility index (Phi) is 4.46. The molecule has 0 bridgehead atoms. The van der Waals surface area contributed by atoms with E-state index < -0.39 is 0 Å². The van der Waals surface area contributed by atoms with Gasteiger partial charge in [0.2, 0.25) is 0 Å². The minimum Gasteiger partial charge on any atom is -0.343 e. The van der Waals surface area contributed by atoms with Gasteiger partial charge in [-0.25, -0.2) is 15.0 Å². The van der Waals surface area contributed by atoms with E-state index in [2.05, 4.69) is 41.2 Å². The number of carbonyl (C=O) groups is 1. The van der Waals surface area contributed by atoms with Gasteiger partial charge >= 0.3 is 0 Å². The number of benzene rings is 2. The summed E-state index contributed by atoms with van der Waals surface area (Å²) in [4.78, 5) is 28.1. The molecule has 0 spiro atoms. The summed E-state index contributed by atoms with van der Waals surface area (Å²) in [7, 11) is 0. The first-order valence-corrected chi connectivity index (χ1v) is 7.64. The standard InChI is InChI=1S/C16H10BrN5O.ClH/c17-11-3-1-2-9(4-11)16(23)22-12-5-10-6-18-7-19-13(10)15-14(12)20-8-21-15;/h1-8H,(H,20,21)(H,22,23);1H. The molecule has 2 aromatic heterocycles. The number of H-pyrrole nitrogens is 1. The molecular formula is C16H11BrClN5O. The zero-order valence-corrected chi connectivity index (χ0v) is 14.6. The fourth-order valence-electron chi connectivity index (χ4n) is 2.48. The number of aromatic nitrogens is 4. The fraction of sp³-hybridized carbons (Fsp3) is 0. The number of hydrogen-bond donors (Lipinski definition) is 2. The van der Waals surface area contributed by atoms with Gasteiger partial charge in [0.25, 0.3) is 5.91 Å². The van der Waals surface area contributed by atoms with E-state index in [9.17, 15) is 4.79 Å². The molecule has 0 aliphatic rings. The third-order valence-electron chi connectivity index (χ3n) is 3.51. The second-order valence-electron chi connectivity index (χ2n) is 4.98. The first kappa shape index (κ1) is 16.4. The van der Waals surface area contributed by atoms with Crippen molar-refractivity contribution < 1.29 is 4.79 Å². The molecule has 24 heavy (non-hydrogen) atoms. The Bertz CT molecular complexity index is 1050. The van der Waals surface area contributed by atoms with E-state index >= 15 is 0 Å². The van der Waals surface area contributed by atoms with Crippen LogP contribution in [0.2, 0.25) is 0 Å². The van der Waals surface area contributed by atoms with Crippen LogP contribution in [-0.2, 0) is 0 Å². The number of amides is 1. The molecule has 6 nitrogen and oxygen atoms in total. The van der Waals surface area contributed by atoms with Crippen molar-refractivity contribution in [3.63, 3.8) is 0 Å². The van der Waals surface area contributed by atoms with E-state index in [1.54, 1.807) is 24.7 Å². The molecule has 2 heterocycles. The molecule has 1 amide bonds. The molecule has 4 rings (SSSR count). The normalized spacial score (nSPS) is 10.5. The van der Waals surface area contributed by atoms with Crippen LogP contribution in [0.25, 0.3) is 21.9 Å². The van der Waals surface area contributed by atoms with Crippen LogP contribution in [0.4, 0.5) is 5.69 Å². The lowest BCUT2D eigenvalue weighted by Gasteiger charge is -2.08. The average molecular weight is 405 g/mol. The second kappa shape index (κ2) is 6.54. The minimum atomic E-state index is -0.202. The third kappa shape index (κ3) is 2.83. The van der Waals surface area contributed by atoms with Gasteiger partial charge in [-0.3, -0.25) is 4.79 Å². The van der Waals surface area contributed by atoms with Gasteiger partial charge < -0.3 is 10.3 Å². The van der Waals surface area contributed by atoms with Crippen molar-refractivity contribution >= 4 is 61.9 Å². The predicted molar refractivity (Wildman–Crippen MR) is 98.5 cm³/mol. The highest BCUT2D eigenvalue weighted by Gasteiger charge is 2.13. The lowest BCUT2D eigenvalue weighted by Crippen LogP contribution is -2.12. The van der Waals surface area contributed by atoms with Crippen LogP contribution >= 0.6 is 28.3 Å². The molecule has 0 atom stereocenters. The Hall–Kier alpha value is -2.51. The number of aromatic amines is 1. The highest BCUT2D eigenvalue weighted by atomic mass is 79.9. The number of halogens is 2. The molecule has 0 aliphatic heterocycles. The number of anilines is 1. The molecule has 0 saturated carbocycles. The van der Waals surface area contributed by atoms with Crippen LogP contribution in [-0.4, -0.2) is 25.8 Å². The summed E-state index contributed by atoms with van der Waals surface area (Å²) < 4.78 is 0.849. The van der Waals surface area contributed by atoms with Gasteiger partial charge in [0.05, 0.1) is 23.0 Å². The summed E-state index contributed by atoms with van der Waals surface area (Å²) >= 11 is 3.37. The molecule has 0 unspecified atom stereocenters. The molecular weight excluding hydrogens is 394 g/mol. The topological polar surface area (TPSA) is 83.6 Å². The Morgan fingerprint density at radius 2 is 2.04 bits per heavy atom. The van der Waals surface area contributed by atoms with Gasteiger partial charge in [0.1, 0.15) is 11.8 Å². The SMILES string of the molecule is Cl.O=C(Nc1cc2cncnc2c2[nH]cnc12)c1cccc(Br)c1. The van der Waals surface area contributed by atoms with E-state index in [0.717, 1.165) is 20.9 Å². The molecule has 2 N–H and O–H groups in total. The van der Waals surface area contributed by atoms with Crippen LogP contribution in [0, 0.1) is 0 Å². The van der Waals surface area contributed by atoms with E-state index in [-0.39, 0.29) is 18.3 Å². The maximum Gasteiger partial charge on any atom is 0.255 e. The number of hydrogen-bond acceptors (Lipinski definition) is 4.